The topological polar surface area (TPSA) is 64.2 Å². The van der Waals surface area contributed by atoms with Crippen molar-refractivity contribution in [3.8, 4) is 0 Å². The van der Waals surface area contributed by atoms with Crippen molar-refractivity contribution in [2.45, 2.75) is 6.92 Å². The van der Waals surface area contributed by atoms with Crippen LogP contribution in [0.25, 0.3) is 0 Å². The molecule has 5 nitrogen and oxygen atoms in total. The molecule has 0 bridgehead atoms. The highest BCUT2D eigenvalue weighted by molar-refractivity contribution is 6.08. The minimum absolute atomic E-state index is 0.165. The second-order valence-corrected chi connectivity index (χ2v) is 4.17. The number of nitrogens with two attached hydrogens (primary N) is 1. The highest BCUT2D eigenvalue weighted by Crippen LogP contribution is 2.20. The molecular weight excluding hydrogens is 228 g/mol. The molecular formula is C13H16N4O. The first-order valence-electron chi connectivity index (χ1n) is 5.64. The highest BCUT2D eigenvalue weighted by atomic mass is 16.2. The molecule has 18 heavy (non-hydrogen) atoms. The van der Waals surface area contributed by atoms with Gasteiger partial charge in [0, 0.05) is 19.8 Å². The lowest BCUT2D eigenvalue weighted by Gasteiger charge is -2.17. The lowest BCUT2D eigenvalue weighted by Crippen LogP contribution is -2.28. The van der Waals surface area contributed by atoms with Gasteiger partial charge in [0.25, 0.3) is 5.91 Å². The molecule has 0 saturated carbocycles. The Morgan fingerprint density at radius 3 is 2.44 bits per heavy atom. The molecule has 0 fully saturated rings. The van der Waals surface area contributed by atoms with Crippen molar-refractivity contribution in [2.75, 3.05) is 17.7 Å². The average Bonchev–Trinajstić information content (AvgIpc) is 2.63. The second-order valence-electron chi connectivity index (χ2n) is 4.17. The Balaban J connectivity index is 2.38. The van der Waals surface area contributed by atoms with E-state index in [4.69, 9.17) is 5.73 Å². The van der Waals surface area contributed by atoms with Crippen LogP contribution >= 0.6 is 0 Å². The summed E-state index contributed by atoms with van der Waals surface area (Å²) in [5.41, 5.74) is 8.23. The number of amides is 1. The summed E-state index contributed by atoms with van der Waals surface area (Å²) in [5, 5.41) is 4.15. The van der Waals surface area contributed by atoms with Crippen LogP contribution in [0, 0.1) is 6.92 Å². The number of nitrogen functional groups attached to an aromatic ring is 1. The number of carbonyl (C=O) groups excluding carboxylic acids is 1. The maximum atomic E-state index is 12.4. The Bertz CT molecular complexity index is 574. The summed E-state index contributed by atoms with van der Waals surface area (Å²) in [7, 11) is 3.44. The summed E-state index contributed by atoms with van der Waals surface area (Å²) < 4.78 is 1.52. The number of aromatic nitrogens is 2. The number of para-hydroxylation sites is 1. The van der Waals surface area contributed by atoms with E-state index in [0.29, 0.717) is 17.1 Å². The number of rotatable bonds is 2. The van der Waals surface area contributed by atoms with Gasteiger partial charge in [-0.1, -0.05) is 18.2 Å². The van der Waals surface area contributed by atoms with Gasteiger partial charge in [-0.15, -0.1) is 0 Å². The van der Waals surface area contributed by atoms with Gasteiger partial charge >= 0.3 is 0 Å². The number of anilines is 2. The van der Waals surface area contributed by atoms with E-state index in [1.807, 2.05) is 30.3 Å². The van der Waals surface area contributed by atoms with Crippen molar-refractivity contribution in [2.24, 2.45) is 7.05 Å². The molecule has 5 heteroatoms. The molecule has 0 radical (unpaired) electrons. The number of hydrogen-bond donors (Lipinski definition) is 1. The predicted octanol–water partition coefficient (Wildman–Crippen LogP) is 1.59. The number of nitrogens with zero attached hydrogens (tertiary/aromatic N) is 3. The van der Waals surface area contributed by atoms with Gasteiger partial charge in [0.15, 0.2) is 0 Å². The molecule has 0 saturated heterocycles. The van der Waals surface area contributed by atoms with Crippen LogP contribution in [0.15, 0.2) is 30.3 Å². The maximum absolute atomic E-state index is 12.4. The number of aryl methyl sites for hydroxylation is 2. The third-order valence-corrected chi connectivity index (χ3v) is 2.92. The molecule has 1 amide bonds. The van der Waals surface area contributed by atoms with E-state index in [0.717, 1.165) is 5.69 Å². The summed E-state index contributed by atoms with van der Waals surface area (Å²) in [6, 6.07) is 9.42. The molecule has 2 rings (SSSR count). The molecule has 0 aliphatic rings. The minimum Gasteiger partial charge on any atom is -0.395 e. The van der Waals surface area contributed by atoms with Gasteiger partial charge in [0.05, 0.1) is 11.4 Å². The minimum atomic E-state index is -0.165. The zero-order chi connectivity index (χ0) is 13.3. The quantitative estimate of drug-likeness (QED) is 0.872. The first-order valence-corrected chi connectivity index (χ1v) is 5.64. The van der Waals surface area contributed by atoms with E-state index in [9.17, 15) is 4.79 Å². The summed E-state index contributed by atoms with van der Waals surface area (Å²) in [6.45, 7) is 1.79. The lowest BCUT2D eigenvalue weighted by atomic mass is 10.2. The molecule has 0 unspecified atom stereocenters. The van der Waals surface area contributed by atoms with E-state index in [2.05, 4.69) is 5.10 Å². The van der Waals surface area contributed by atoms with Crippen LogP contribution < -0.4 is 10.6 Å². The fraction of sp³-hybridized carbons (Fsp3) is 0.231. The lowest BCUT2D eigenvalue weighted by molar-refractivity contribution is 0.0985. The van der Waals surface area contributed by atoms with Crippen LogP contribution in [0.5, 0.6) is 0 Å². The zero-order valence-corrected chi connectivity index (χ0v) is 10.7. The van der Waals surface area contributed by atoms with E-state index >= 15 is 0 Å². The monoisotopic (exact) mass is 244 g/mol. The summed E-state index contributed by atoms with van der Waals surface area (Å²) >= 11 is 0. The predicted molar refractivity (Wildman–Crippen MR) is 71.5 cm³/mol. The van der Waals surface area contributed by atoms with Gasteiger partial charge in [0.2, 0.25) is 0 Å². The van der Waals surface area contributed by atoms with Crippen LogP contribution in [-0.2, 0) is 7.05 Å². The average molecular weight is 244 g/mol. The number of benzene rings is 1. The van der Waals surface area contributed by atoms with Crippen molar-refractivity contribution in [1.29, 1.82) is 0 Å². The third-order valence-electron chi connectivity index (χ3n) is 2.92. The van der Waals surface area contributed by atoms with Crippen LogP contribution in [-0.4, -0.2) is 22.7 Å². The third kappa shape index (κ3) is 1.95. The maximum Gasteiger partial charge on any atom is 0.278 e. The first kappa shape index (κ1) is 12.2. The van der Waals surface area contributed by atoms with E-state index in [-0.39, 0.29) is 5.91 Å². The molecule has 0 atom stereocenters. The van der Waals surface area contributed by atoms with Gasteiger partial charge < -0.3 is 10.6 Å². The van der Waals surface area contributed by atoms with Crippen molar-refractivity contribution >= 4 is 17.3 Å². The fourth-order valence-electron chi connectivity index (χ4n) is 1.86. The molecule has 2 aromatic rings. The Hall–Kier alpha value is -2.30. The van der Waals surface area contributed by atoms with Crippen LogP contribution in [0.4, 0.5) is 11.4 Å². The smallest absolute Gasteiger partial charge is 0.278 e. The first-order chi connectivity index (χ1) is 8.52. The van der Waals surface area contributed by atoms with Gasteiger partial charge in [-0.2, -0.15) is 5.10 Å². The van der Waals surface area contributed by atoms with Crippen molar-refractivity contribution < 1.29 is 4.79 Å². The molecule has 0 aliphatic heterocycles. The van der Waals surface area contributed by atoms with E-state index in [1.165, 1.54) is 4.68 Å². The Morgan fingerprint density at radius 1 is 1.33 bits per heavy atom. The number of carbonyl (C=O) groups is 1. The molecule has 94 valence electrons. The zero-order valence-electron chi connectivity index (χ0n) is 10.7. The van der Waals surface area contributed by atoms with Crippen LogP contribution in [0.3, 0.4) is 0 Å². The summed E-state index contributed by atoms with van der Waals surface area (Å²) in [6.07, 6.45) is 0. The van der Waals surface area contributed by atoms with E-state index < -0.39 is 0 Å². The second kappa shape index (κ2) is 4.52. The Labute approximate surface area is 106 Å². The summed E-state index contributed by atoms with van der Waals surface area (Å²) in [5.74, 6) is -0.165. The van der Waals surface area contributed by atoms with Crippen molar-refractivity contribution in [3.63, 3.8) is 0 Å². The molecule has 0 aliphatic carbocycles. The van der Waals surface area contributed by atoms with Gasteiger partial charge in [0.1, 0.15) is 5.69 Å². The molecule has 1 aromatic carbocycles. The van der Waals surface area contributed by atoms with Gasteiger partial charge in [-0.25, -0.2) is 0 Å². The SMILES string of the molecule is Cc1nn(C)c(C(=O)N(C)c2ccccc2)c1N. The molecule has 1 heterocycles. The van der Waals surface area contributed by atoms with Crippen molar-refractivity contribution in [3.05, 3.63) is 41.7 Å². The van der Waals surface area contributed by atoms with Gasteiger partial charge in [-0.3, -0.25) is 9.48 Å². The van der Waals surface area contributed by atoms with Gasteiger partial charge in [-0.05, 0) is 19.1 Å². The Kier molecular flexibility index (Phi) is 3.06. The highest BCUT2D eigenvalue weighted by Gasteiger charge is 2.21. The van der Waals surface area contributed by atoms with Crippen LogP contribution in [0.2, 0.25) is 0 Å². The largest absolute Gasteiger partial charge is 0.395 e. The van der Waals surface area contributed by atoms with Crippen molar-refractivity contribution in [1.82, 2.24) is 9.78 Å². The normalized spacial score (nSPS) is 10.4. The summed E-state index contributed by atoms with van der Waals surface area (Å²) in [4.78, 5) is 13.9. The Morgan fingerprint density at radius 2 is 1.94 bits per heavy atom. The molecule has 2 N–H and O–H groups in total. The molecule has 0 spiro atoms. The molecule has 1 aromatic heterocycles. The standard InChI is InChI=1S/C13H16N4O/c1-9-11(14)12(17(3)15-9)13(18)16(2)10-7-5-4-6-8-10/h4-8H,14H2,1-3H3. The number of hydrogen-bond acceptors (Lipinski definition) is 3. The van der Waals surface area contributed by atoms with E-state index in [1.54, 1.807) is 25.9 Å². The van der Waals surface area contributed by atoms with Crippen LogP contribution in [0.1, 0.15) is 16.2 Å². The fourth-order valence-corrected chi connectivity index (χ4v) is 1.86.